The van der Waals surface area contributed by atoms with Gasteiger partial charge in [0, 0.05) is 10.9 Å². The van der Waals surface area contributed by atoms with Gasteiger partial charge in [0.05, 0.1) is 5.41 Å². The molecule has 0 spiro atoms. The molecule has 0 aliphatic heterocycles. The van der Waals surface area contributed by atoms with E-state index in [0.717, 1.165) is 19.3 Å². The summed E-state index contributed by atoms with van der Waals surface area (Å²) in [4.78, 5) is 24.4. The summed E-state index contributed by atoms with van der Waals surface area (Å²) in [6.07, 6.45) is 6.41. The van der Waals surface area contributed by atoms with Crippen LogP contribution in [0.15, 0.2) is 0 Å². The zero-order valence-corrected chi connectivity index (χ0v) is 15.1. The molecule has 124 valence electrons. The Labute approximate surface area is 140 Å². The fourth-order valence-electron chi connectivity index (χ4n) is 5.04. The van der Waals surface area contributed by atoms with Crippen molar-refractivity contribution < 1.29 is 14.3 Å². The predicted molar refractivity (Wildman–Crippen MR) is 87.6 cm³/mol. The van der Waals surface area contributed by atoms with Gasteiger partial charge < -0.3 is 10.1 Å². The summed E-state index contributed by atoms with van der Waals surface area (Å²) in [6.45, 7) is 4.56. The molecule has 0 aromatic heterocycles. The van der Waals surface area contributed by atoms with Gasteiger partial charge >= 0.3 is 5.97 Å². The monoisotopic (exact) mass is 371 g/mol. The fourth-order valence-corrected chi connectivity index (χ4v) is 6.50. The number of hydrogen-bond donors (Lipinski definition) is 1. The van der Waals surface area contributed by atoms with Gasteiger partial charge in [-0.15, -0.1) is 0 Å². The maximum atomic E-state index is 12.7. The first-order valence-electron chi connectivity index (χ1n) is 8.43. The zero-order chi connectivity index (χ0) is 16.0. The number of rotatable bonds is 5. The molecule has 2 unspecified atom stereocenters. The van der Waals surface area contributed by atoms with Crippen LogP contribution in [0.5, 0.6) is 0 Å². The van der Waals surface area contributed by atoms with Crippen LogP contribution in [-0.4, -0.2) is 29.4 Å². The second-order valence-corrected chi connectivity index (χ2v) is 9.85. The Hall–Kier alpha value is -0.580. The molecule has 4 bridgehead atoms. The molecule has 4 atom stereocenters. The smallest absolute Gasteiger partial charge is 0.312 e. The standard InChI is InChI=1S/C17H26BrNO3/c1-11(2)8-19-14(20)9-22-15(21)16-4-12-3-13(5-16)7-17(18,6-12)10-16/h11-13H,3-10H2,1-2H3,(H,19,20)/t12-,13+,16?,17?. The van der Waals surface area contributed by atoms with Gasteiger partial charge in [-0.25, -0.2) is 0 Å². The summed E-state index contributed by atoms with van der Waals surface area (Å²) in [5.41, 5.74) is -0.341. The van der Waals surface area contributed by atoms with E-state index in [0.29, 0.717) is 24.3 Å². The molecule has 0 aromatic carbocycles. The van der Waals surface area contributed by atoms with E-state index in [9.17, 15) is 9.59 Å². The van der Waals surface area contributed by atoms with Crippen LogP contribution in [0.4, 0.5) is 0 Å². The molecule has 1 N–H and O–H groups in total. The number of amides is 1. The lowest BCUT2D eigenvalue weighted by molar-refractivity contribution is -0.171. The van der Waals surface area contributed by atoms with Crippen LogP contribution in [0, 0.1) is 23.2 Å². The molecule has 4 aliphatic carbocycles. The van der Waals surface area contributed by atoms with Gasteiger partial charge in [-0.1, -0.05) is 29.8 Å². The minimum atomic E-state index is -0.341. The Morgan fingerprint density at radius 1 is 1.23 bits per heavy atom. The highest BCUT2D eigenvalue weighted by atomic mass is 79.9. The normalized spacial score (nSPS) is 39.1. The number of ether oxygens (including phenoxy) is 1. The highest BCUT2D eigenvalue weighted by Crippen LogP contribution is 2.64. The van der Waals surface area contributed by atoms with Crippen molar-refractivity contribution in [2.45, 2.75) is 56.7 Å². The minimum absolute atomic E-state index is 0.135. The van der Waals surface area contributed by atoms with Crippen molar-refractivity contribution >= 4 is 27.8 Å². The molecule has 0 aromatic rings. The SMILES string of the molecule is CC(C)CNC(=O)COC(=O)C12C[C@@H]3C[C@@H](CC(Br)(C3)C1)C2. The van der Waals surface area contributed by atoms with Crippen LogP contribution >= 0.6 is 15.9 Å². The Morgan fingerprint density at radius 3 is 2.41 bits per heavy atom. The van der Waals surface area contributed by atoms with Crippen LogP contribution in [0.2, 0.25) is 0 Å². The van der Waals surface area contributed by atoms with E-state index in [-0.39, 0.29) is 28.2 Å². The van der Waals surface area contributed by atoms with Crippen molar-refractivity contribution in [2.75, 3.05) is 13.2 Å². The number of nitrogens with one attached hydrogen (secondary N) is 1. The van der Waals surface area contributed by atoms with Crippen molar-refractivity contribution in [3.05, 3.63) is 0 Å². The lowest BCUT2D eigenvalue weighted by Gasteiger charge is -2.58. The Morgan fingerprint density at radius 2 is 1.86 bits per heavy atom. The molecule has 4 fully saturated rings. The van der Waals surface area contributed by atoms with Crippen LogP contribution in [0.25, 0.3) is 0 Å². The number of hydrogen-bond acceptors (Lipinski definition) is 3. The van der Waals surface area contributed by atoms with Gasteiger partial charge in [0.15, 0.2) is 6.61 Å². The first kappa shape index (κ1) is 16.3. The largest absolute Gasteiger partial charge is 0.455 e. The van der Waals surface area contributed by atoms with Crippen LogP contribution < -0.4 is 5.32 Å². The summed E-state index contributed by atoms with van der Waals surface area (Å²) >= 11 is 3.89. The van der Waals surface area contributed by atoms with Crippen molar-refractivity contribution in [1.82, 2.24) is 5.32 Å². The molecule has 5 heteroatoms. The third kappa shape index (κ3) is 3.19. The van der Waals surface area contributed by atoms with Crippen LogP contribution in [-0.2, 0) is 14.3 Å². The lowest BCUT2D eigenvalue weighted by atomic mass is 9.49. The molecule has 0 heterocycles. The van der Waals surface area contributed by atoms with Crippen molar-refractivity contribution in [2.24, 2.45) is 23.2 Å². The summed E-state index contributed by atoms with van der Waals surface area (Å²) in [5.74, 6) is 1.34. The second-order valence-electron chi connectivity index (χ2n) is 8.17. The van der Waals surface area contributed by atoms with E-state index in [1.54, 1.807) is 0 Å². The van der Waals surface area contributed by atoms with Gasteiger partial charge in [-0.2, -0.15) is 0 Å². The number of carbonyl (C=O) groups is 2. The summed E-state index contributed by atoms with van der Waals surface area (Å²) in [6, 6.07) is 0. The molecule has 1 amide bonds. The van der Waals surface area contributed by atoms with Crippen molar-refractivity contribution in [3.63, 3.8) is 0 Å². The average molecular weight is 372 g/mol. The fraction of sp³-hybridized carbons (Fsp3) is 0.882. The number of halogens is 1. The average Bonchev–Trinajstić information content (AvgIpc) is 2.39. The molecule has 4 aliphatic rings. The molecule has 22 heavy (non-hydrogen) atoms. The van der Waals surface area contributed by atoms with Gasteiger partial charge in [0.2, 0.25) is 0 Å². The van der Waals surface area contributed by atoms with Gasteiger partial charge in [-0.3, -0.25) is 9.59 Å². The molecular formula is C17H26BrNO3. The van der Waals surface area contributed by atoms with Crippen LogP contribution in [0.1, 0.15) is 52.4 Å². The minimum Gasteiger partial charge on any atom is -0.455 e. The van der Waals surface area contributed by atoms with E-state index in [1.165, 1.54) is 19.3 Å². The lowest BCUT2D eigenvalue weighted by Crippen LogP contribution is -2.56. The number of esters is 1. The molecule has 0 saturated heterocycles. The first-order chi connectivity index (χ1) is 10.3. The summed E-state index contributed by atoms with van der Waals surface area (Å²) in [7, 11) is 0. The summed E-state index contributed by atoms with van der Waals surface area (Å²) < 4.78 is 5.53. The van der Waals surface area contributed by atoms with E-state index >= 15 is 0 Å². The predicted octanol–water partition coefficient (Wildman–Crippen LogP) is 3.04. The second kappa shape index (κ2) is 5.81. The Balaban J connectivity index is 1.57. The van der Waals surface area contributed by atoms with E-state index in [1.807, 2.05) is 13.8 Å². The number of carbonyl (C=O) groups excluding carboxylic acids is 2. The van der Waals surface area contributed by atoms with Gasteiger partial charge in [-0.05, 0) is 56.3 Å². The molecule has 4 nitrogen and oxygen atoms in total. The van der Waals surface area contributed by atoms with Gasteiger partial charge in [0.25, 0.3) is 5.91 Å². The first-order valence-corrected chi connectivity index (χ1v) is 9.22. The quantitative estimate of drug-likeness (QED) is 0.596. The Kier molecular flexibility index (Phi) is 4.30. The molecule has 4 saturated carbocycles. The van der Waals surface area contributed by atoms with Crippen molar-refractivity contribution in [1.29, 1.82) is 0 Å². The third-order valence-electron chi connectivity index (χ3n) is 5.46. The summed E-state index contributed by atoms with van der Waals surface area (Å²) in [5, 5.41) is 2.79. The van der Waals surface area contributed by atoms with Crippen LogP contribution in [0.3, 0.4) is 0 Å². The maximum absolute atomic E-state index is 12.7. The highest BCUT2D eigenvalue weighted by molar-refractivity contribution is 9.10. The Bertz CT molecular complexity index is 463. The molecule has 0 radical (unpaired) electrons. The van der Waals surface area contributed by atoms with E-state index in [4.69, 9.17) is 4.74 Å². The highest BCUT2D eigenvalue weighted by Gasteiger charge is 2.60. The van der Waals surface area contributed by atoms with E-state index < -0.39 is 0 Å². The van der Waals surface area contributed by atoms with Gasteiger partial charge in [0.1, 0.15) is 0 Å². The number of alkyl halides is 1. The molecule has 4 rings (SSSR count). The van der Waals surface area contributed by atoms with Crippen molar-refractivity contribution in [3.8, 4) is 0 Å². The third-order valence-corrected chi connectivity index (χ3v) is 6.39. The zero-order valence-electron chi connectivity index (χ0n) is 13.5. The maximum Gasteiger partial charge on any atom is 0.312 e. The molecular weight excluding hydrogens is 346 g/mol. The van der Waals surface area contributed by atoms with E-state index in [2.05, 4.69) is 21.2 Å². The topological polar surface area (TPSA) is 55.4 Å².